The Bertz CT molecular complexity index is 543. The summed E-state index contributed by atoms with van der Waals surface area (Å²) in [6.07, 6.45) is 0.153. The Morgan fingerprint density at radius 1 is 1.29 bits per heavy atom. The van der Waals surface area contributed by atoms with Gasteiger partial charge in [0.05, 0.1) is 0 Å². The number of rotatable bonds is 3. The molecule has 1 aliphatic rings. The molecule has 0 aliphatic carbocycles. The van der Waals surface area contributed by atoms with Crippen molar-refractivity contribution >= 4 is 11.9 Å². The van der Waals surface area contributed by atoms with E-state index in [2.05, 4.69) is 10.6 Å². The van der Waals surface area contributed by atoms with Gasteiger partial charge in [-0.05, 0) is 24.1 Å². The monoisotopic (exact) mass is 301 g/mol. The van der Waals surface area contributed by atoms with E-state index in [4.69, 9.17) is 0 Å². The Kier molecular flexibility index (Phi) is 4.66. The molecule has 114 valence electrons. The van der Waals surface area contributed by atoms with Gasteiger partial charge in [-0.1, -0.05) is 0 Å². The van der Waals surface area contributed by atoms with Crippen LogP contribution in [-0.2, 0) is 11.2 Å². The quantitative estimate of drug-likeness (QED) is 0.811. The maximum atomic E-state index is 13.0. The van der Waals surface area contributed by atoms with E-state index in [1.54, 1.807) is 0 Å². The zero-order valence-corrected chi connectivity index (χ0v) is 11.1. The highest BCUT2D eigenvalue weighted by Gasteiger charge is 2.20. The van der Waals surface area contributed by atoms with Crippen LogP contribution < -0.4 is 10.6 Å². The van der Waals surface area contributed by atoms with Crippen LogP contribution in [0, 0.1) is 17.5 Å². The highest BCUT2D eigenvalue weighted by Crippen LogP contribution is 2.13. The molecule has 2 rings (SSSR count). The van der Waals surface area contributed by atoms with Crippen molar-refractivity contribution in [1.29, 1.82) is 0 Å². The molecular formula is C13H14F3N3O2. The minimum Gasteiger partial charge on any atom is -0.353 e. The van der Waals surface area contributed by atoms with Gasteiger partial charge in [0.15, 0.2) is 17.5 Å². The van der Waals surface area contributed by atoms with Gasteiger partial charge in [0.2, 0.25) is 5.91 Å². The van der Waals surface area contributed by atoms with Crippen LogP contribution in [-0.4, -0.2) is 43.0 Å². The number of amides is 3. The normalized spacial score (nSPS) is 14.8. The first-order valence-corrected chi connectivity index (χ1v) is 6.40. The van der Waals surface area contributed by atoms with Crippen LogP contribution in [0.5, 0.6) is 0 Å². The summed E-state index contributed by atoms with van der Waals surface area (Å²) in [5.41, 5.74) is 0.239. The first-order valence-electron chi connectivity index (χ1n) is 6.40. The number of nitrogens with zero attached hydrogens (tertiary/aromatic N) is 1. The van der Waals surface area contributed by atoms with E-state index >= 15 is 0 Å². The maximum Gasteiger partial charge on any atom is 0.317 e. The second-order valence-corrected chi connectivity index (χ2v) is 4.63. The summed E-state index contributed by atoms with van der Waals surface area (Å²) in [5.74, 6) is -4.27. The zero-order valence-electron chi connectivity index (χ0n) is 11.1. The third kappa shape index (κ3) is 3.87. The molecule has 0 atom stereocenters. The van der Waals surface area contributed by atoms with E-state index in [-0.39, 0.29) is 31.0 Å². The number of piperazine rings is 1. The molecule has 0 bridgehead atoms. The fraction of sp³-hybridized carbons (Fsp3) is 0.385. The predicted octanol–water partition coefficient (Wildman–Crippen LogP) is 0.788. The van der Waals surface area contributed by atoms with Crippen molar-refractivity contribution in [3.05, 3.63) is 35.1 Å². The molecule has 1 saturated heterocycles. The molecule has 3 amide bonds. The smallest absolute Gasteiger partial charge is 0.317 e. The van der Waals surface area contributed by atoms with Crippen molar-refractivity contribution in [3.8, 4) is 0 Å². The molecule has 1 heterocycles. The van der Waals surface area contributed by atoms with E-state index in [1.165, 1.54) is 4.90 Å². The topological polar surface area (TPSA) is 61.4 Å². The molecule has 2 N–H and O–H groups in total. The summed E-state index contributed by atoms with van der Waals surface area (Å²) in [6, 6.07) is 1.35. The van der Waals surface area contributed by atoms with Crippen LogP contribution in [0.4, 0.5) is 18.0 Å². The summed E-state index contributed by atoms with van der Waals surface area (Å²) >= 11 is 0. The lowest BCUT2D eigenvalue weighted by Crippen LogP contribution is -2.53. The molecule has 0 spiro atoms. The standard InChI is InChI=1S/C13H14F3N3O2/c14-9-5-8(6-10(15)12(9)16)1-2-18-13(21)19-4-3-17-11(20)7-19/h5-6H,1-4,7H2,(H,17,20)(H,18,21). The number of hydrogen-bond acceptors (Lipinski definition) is 2. The largest absolute Gasteiger partial charge is 0.353 e. The number of carbonyl (C=O) groups excluding carboxylic acids is 2. The van der Waals surface area contributed by atoms with Crippen LogP contribution in [0.25, 0.3) is 0 Å². The highest BCUT2D eigenvalue weighted by molar-refractivity contribution is 5.85. The van der Waals surface area contributed by atoms with Crippen LogP contribution in [0.2, 0.25) is 0 Å². The number of hydrogen-bond donors (Lipinski definition) is 2. The molecule has 0 unspecified atom stereocenters. The molecule has 1 aromatic carbocycles. The van der Waals surface area contributed by atoms with Crippen LogP contribution in [0.15, 0.2) is 12.1 Å². The first-order chi connectivity index (χ1) is 9.97. The summed E-state index contributed by atoms with van der Waals surface area (Å²) in [5, 5.41) is 5.13. The Morgan fingerprint density at radius 3 is 2.57 bits per heavy atom. The van der Waals surface area contributed by atoms with Gasteiger partial charge in [0.1, 0.15) is 6.54 Å². The number of carbonyl (C=O) groups is 2. The van der Waals surface area contributed by atoms with Crippen LogP contribution in [0.3, 0.4) is 0 Å². The van der Waals surface area contributed by atoms with E-state index in [0.29, 0.717) is 13.1 Å². The molecule has 0 aromatic heterocycles. The zero-order chi connectivity index (χ0) is 15.4. The Labute approximate surface area is 119 Å². The number of halogens is 3. The lowest BCUT2D eigenvalue weighted by molar-refractivity contribution is -0.123. The van der Waals surface area contributed by atoms with Gasteiger partial charge in [0, 0.05) is 19.6 Å². The summed E-state index contributed by atoms with van der Waals surface area (Å²) in [4.78, 5) is 24.2. The van der Waals surface area contributed by atoms with E-state index < -0.39 is 23.5 Å². The minimum absolute atomic E-state index is 0.0222. The molecule has 0 radical (unpaired) electrons. The summed E-state index contributed by atoms with van der Waals surface area (Å²) < 4.78 is 38.8. The van der Waals surface area contributed by atoms with E-state index in [0.717, 1.165) is 12.1 Å². The second-order valence-electron chi connectivity index (χ2n) is 4.63. The molecule has 21 heavy (non-hydrogen) atoms. The second kappa shape index (κ2) is 6.47. The summed E-state index contributed by atoms with van der Waals surface area (Å²) in [6.45, 7) is 0.894. The van der Waals surface area contributed by atoms with Crippen molar-refractivity contribution in [3.63, 3.8) is 0 Å². The summed E-state index contributed by atoms with van der Waals surface area (Å²) in [7, 11) is 0. The first kappa shape index (κ1) is 15.1. The fourth-order valence-corrected chi connectivity index (χ4v) is 1.99. The van der Waals surface area contributed by atoms with Crippen molar-refractivity contribution in [1.82, 2.24) is 15.5 Å². The lowest BCUT2D eigenvalue weighted by Gasteiger charge is -2.26. The van der Waals surface area contributed by atoms with Crippen molar-refractivity contribution in [2.24, 2.45) is 0 Å². The average Bonchev–Trinajstić information content (AvgIpc) is 2.44. The third-order valence-corrected chi connectivity index (χ3v) is 3.06. The van der Waals surface area contributed by atoms with E-state index in [1.807, 2.05) is 0 Å². The van der Waals surface area contributed by atoms with Crippen molar-refractivity contribution in [2.45, 2.75) is 6.42 Å². The molecule has 1 aliphatic heterocycles. The highest BCUT2D eigenvalue weighted by atomic mass is 19.2. The number of nitrogens with one attached hydrogen (secondary N) is 2. The van der Waals surface area contributed by atoms with Crippen molar-refractivity contribution < 1.29 is 22.8 Å². The van der Waals surface area contributed by atoms with Gasteiger partial charge in [-0.3, -0.25) is 4.79 Å². The van der Waals surface area contributed by atoms with Gasteiger partial charge in [-0.2, -0.15) is 0 Å². The Morgan fingerprint density at radius 2 is 1.95 bits per heavy atom. The van der Waals surface area contributed by atoms with Crippen LogP contribution >= 0.6 is 0 Å². The Hall–Kier alpha value is -2.25. The molecule has 8 heteroatoms. The Balaban J connectivity index is 1.84. The SMILES string of the molecule is O=C1CN(C(=O)NCCc2cc(F)c(F)c(F)c2)CCN1. The third-order valence-electron chi connectivity index (χ3n) is 3.06. The van der Waals surface area contributed by atoms with Gasteiger partial charge in [-0.25, -0.2) is 18.0 Å². The van der Waals surface area contributed by atoms with Crippen molar-refractivity contribution in [2.75, 3.05) is 26.2 Å². The lowest BCUT2D eigenvalue weighted by atomic mass is 10.1. The van der Waals surface area contributed by atoms with E-state index in [9.17, 15) is 22.8 Å². The predicted molar refractivity (Wildman–Crippen MR) is 68.0 cm³/mol. The van der Waals surface area contributed by atoms with Gasteiger partial charge >= 0.3 is 6.03 Å². The van der Waals surface area contributed by atoms with Gasteiger partial charge in [0.25, 0.3) is 0 Å². The molecule has 0 saturated carbocycles. The van der Waals surface area contributed by atoms with Crippen LogP contribution in [0.1, 0.15) is 5.56 Å². The van der Waals surface area contributed by atoms with Gasteiger partial charge in [-0.15, -0.1) is 0 Å². The number of urea groups is 1. The minimum atomic E-state index is -1.51. The van der Waals surface area contributed by atoms with Gasteiger partial charge < -0.3 is 15.5 Å². The fourth-order valence-electron chi connectivity index (χ4n) is 1.99. The molecular weight excluding hydrogens is 287 g/mol. The molecule has 5 nitrogen and oxygen atoms in total. The molecule has 1 fully saturated rings. The molecule has 1 aromatic rings. The number of benzene rings is 1. The average molecular weight is 301 g/mol. The maximum absolute atomic E-state index is 13.0.